The van der Waals surface area contributed by atoms with Gasteiger partial charge < -0.3 is 4.42 Å². The molecule has 0 aliphatic heterocycles. The van der Waals surface area contributed by atoms with Gasteiger partial charge in [0.1, 0.15) is 0 Å². The number of carbonyl (C=O) groups is 1. The van der Waals surface area contributed by atoms with Gasteiger partial charge in [-0.2, -0.15) is 0 Å². The summed E-state index contributed by atoms with van der Waals surface area (Å²) in [6, 6.07) is 2.11. The van der Waals surface area contributed by atoms with Crippen molar-refractivity contribution >= 4 is 21.7 Å². The van der Waals surface area contributed by atoms with Gasteiger partial charge in [-0.05, 0) is 18.1 Å². The maximum atomic E-state index is 13.3. The lowest BCUT2D eigenvalue weighted by Crippen LogP contribution is -2.18. The first-order chi connectivity index (χ1) is 11.3. The van der Waals surface area contributed by atoms with Crippen LogP contribution in [0.25, 0.3) is 0 Å². The van der Waals surface area contributed by atoms with E-state index in [1.54, 1.807) is 6.92 Å². The van der Waals surface area contributed by atoms with E-state index in [4.69, 9.17) is 9.20 Å². The Morgan fingerprint density at radius 3 is 2.62 bits per heavy atom. The summed E-state index contributed by atoms with van der Waals surface area (Å²) in [6.45, 7) is 3.12. The van der Waals surface area contributed by atoms with E-state index in [-0.39, 0.29) is 34.2 Å². The standard InChI is InChI=1S/C14H16F2N4O3S/c1-3-8-9(13(21)19-14-20-18-7-23-14)5-6-10(12(15)16)11(8)24(17,22)4-2/h5-7,12,17H,3-4H2,1-2H3,(H,19,20,21). The van der Waals surface area contributed by atoms with Gasteiger partial charge in [-0.1, -0.05) is 25.0 Å². The van der Waals surface area contributed by atoms with Crippen LogP contribution >= 0.6 is 0 Å². The molecule has 2 rings (SSSR count). The molecule has 0 bridgehead atoms. The second kappa shape index (κ2) is 7.04. The number of rotatable bonds is 6. The minimum atomic E-state index is -3.45. The molecule has 1 amide bonds. The highest BCUT2D eigenvalue weighted by Crippen LogP contribution is 2.33. The van der Waals surface area contributed by atoms with Gasteiger partial charge in [0.05, 0.1) is 14.6 Å². The molecular formula is C14H16F2N4O3S. The summed E-state index contributed by atoms with van der Waals surface area (Å²) in [5.41, 5.74) is -0.279. The fourth-order valence-corrected chi connectivity index (χ4v) is 3.79. The molecule has 2 aromatic rings. The number of nitrogens with one attached hydrogen (secondary N) is 2. The molecule has 0 saturated heterocycles. The molecule has 130 valence electrons. The topological polar surface area (TPSA) is 109 Å². The first-order valence-electron chi connectivity index (χ1n) is 7.09. The number of hydrogen-bond donors (Lipinski definition) is 2. The number of anilines is 1. The molecule has 1 unspecified atom stereocenters. The third-order valence-corrected chi connectivity index (χ3v) is 5.40. The van der Waals surface area contributed by atoms with Gasteiger partial charge in [-0.15, -0.1) is 5.10 Å². The van der Waals surface area contributed by atoms with Crippen molar-refractivity contribution in [2.75, 3.05) is 11.1 Å². The van der Waals surface area contributed by atoms with E-state index >= 15 is 0 Å². The fourth-order valence-electron chi connectivity index (χ4n) is 2.31. The van der Waals surface area contributed by atoms with E-state index < -0.39 is 27.6 Å². The Hall–Kier alpha value is -2.36. The predicted octanol–water partition coefficient (Wildman–Crippen LogP) is 3.25. The van der Waals surface area contributed by atoms with Gasteiger partial charge in [0, 0.05) is 16.9 Å². The van der Waals surface area contributed by atoms with Crippen molar-refractivity contribution in [1.29, 1.82) is 4.78 Å². The van der Waals surface area contributed by atoms with Crippen LogP contribution < -0.4 is 5.32 Å². The maximum absolute atomic E-state index is 13.3. The SMILES string of the molecule is CCc1c(C(=O)Nc2nnco2)ccc(C(F)F)c1S(=N)(=O)CC. The summed E-state index contributed by atoms with van der Waals surface area (Å²) in [5, 5.41) is 9.26. The molecule has 10 heteroatoms. The fraction of sp³-hybridized carbons (Fsp3) is 0.357. The summed E-state index contributed by atoms with van der Waals surface area (Å²) < 4.78 is 51.9. The molecule has 1 heterocycles. The molecule has 0 aliphatic carbocycles. The van der Waals surface area contributed by atoms with Gasteiger partial charge in [0.25, 0.3) is 12.3 Å². The first-order valence-corrected chi connectivity index (χ1v) is 8.82. The van der Waals surface area contributed by atoms with E-state index in [1.807, 2.05) is 0 Å². The van der Waals surface area contributed by atoms with Crippen LogP contribution in [0.1, 0.15) is 41.8 Å². The Bertz CT molecular complexity index is 836. The van der Waals surface area contributed by atoms with Crippen LogP contribution in [0.3, 0.4) is 0 Å². The minimum absolute atomic E-state index is 0.0449. The van der Waals surface area contributed by atoms with Gasteiger partial charge in [-0.25, -0.2) is 17.8 Å². The van der Waals surface area contributed by atoms with Crippen molar-refractivity contribution in [3.05, 3.63) is 35.2 Å². The van der Waals surface area contributed by atoms with Crippen LogP contribution in [0, 0.1) is 4.78 Å². The Morgan fingerprint density at radius 1 is 1.42 bits per heavy atom. The average Bonchev–Trinajstić information content (AvgIpc) is 3.05. The second-order valence-electron chi connectivity index (χ2n) is 4.83. The Balaban J connectivity index is 2.62. The highest BCUT2D eigenvalue weighted by molar-refractivity contribution is 7.92. The third-order valence-electron chi connectivity index (χ3n) is 3.44. The van der Waals surface area contributed by atoms with Gasteiger partial charge in [0.15, 0.2) is 0 Å². The molecular weight excluding hydrogens is 342 g/mol. The van der Waals surface area contributed by atoms with E-state index in [9.17, 15) is 17.8 Å². The lowest BCUT2D eigenvalue weighted by Gasteiger charge is -2.18. The summed E-state index contributed by atoms with van der Waals surface area (Å²) in [7, 11) is -3.45. The lowest BCUT2D eigenvalue weighted by atomic mass is 10.0. The highest BCUT2D eigenvalue weighted by atomic mass is 32.2. The number of carbonyl (C=O) groups excluding carboxylic acids is 1. The van der Waals surface area contributed by atoms with Crippen molar-refractivity contribution in [3.63, 3.8) is 0 Å². The average molecular weight is 358 g/mol. The number of nitrogens with zero attached hydrogens (tertiary/aromatic N) is 2. The van der Waals surface area contributed by atoms with Crippen molar-refractivity contribution in [2.45, 2.75) is 31.6 Å². The number of benzene rings is 1. The zero-order valence-electron chi connectivity index (χ0n) is 13.0. The summed E-state index contributed by atoms with van der Waals surface area (Å²) >= 11 is 0. The molecule has 0 spiro atoms. The summed E-state index contributed by atoms with van der Waals surface area (Å²) in [4.78, 5) is 12.1. The van der Waals surface area contributed by atoms with Crippen LogP contribution in [0.15, 0.2) is 27.8 Å². The zero-order valence-corrected chi connectivity index (χ0v) is 13.8. The lowest BCUT2D eigenvalue weighted by molar-refractivity contribution is 0.102. The molecule has 0 radical (unpaired) electrons. The number of alkyl halides is 2. The Morgan fingerprint density at radius 2 is 2.12 bits per heavy atom. The molecule has 0 aliphatic rings. The Kier molecular flexibility index (Phi) is 5.27. The quantitative estimate of drug-likeness (QED) is 0.824. The number of amides is 1. The smallest absolute Gasteiger partial charge is 0.322 e. The first kappa shape index (κ1) is 18.0. The predicted molar refractivity (Wildman–Crippen MR) is 82.7 cm³/mol. The van der Waals surface area contributed by atoms with E-state index in [0.29, 0.717) is 0 Å². The maximum Gasteiger partial charge on any atom is 0.322 e. The number of halogens is 2. The van der Waals surface area contributed by atoms with Crippen LogP contribution in [0.5, 0.6) is 0 Å². The molecule has 0 fully saturated rings. The molecule has 1 atom stereocenters. The molecule has 1 aromatic carbocycles. The van der Waals surface area contributed by atoms with Crippen molar-refractivity contribution in [1.82, 2.24) is 10.2 Å². The monoisotopic (exact) mass is 358 g/mol. The summed E-state index contributed by atoms with van der Waals surface area (Å²) in [5.74, 6) is -0.793. The number of hydrogen-bond acceptors (Lipinski definition) is 6. The third kappa shape index (κ3) is 3.42. The molecule has 7 nitrogen and oxygen atoms in total. The van der Waals surface area contributed by atoms with Crippen molar-refractivity contribution < 1.29 is 22.2 Å². The van der Waals surface area contributed by atoms with Gasteiger partial charge in [0.2, 0.25) is 6.39 Å². The second-order valence-corrected chi connectivity index (χ2v) is 7.16. The normalized spacial score (nSPS) is 13.7. The van der Waals surface area contributed by atoms with Crippen LogP contribution in [0.2, 0.25) is 0 Å². The van der Waals surface area contributed by atoms with Gasteiger partial charge in [-0.3, -0.25) is 10.1 Å². The van der Waals surface area contributed by atoms with E-state index in [2.05, 4.69) is 15.5 Å². The van der Waals surface area contributed by atoms with E-state index in [1.165, 1.54) is 13.0 Å². The van der Waals surface area contributed by atoms with Crippen LogP contribution in [-0.2, 0) is 16.1 Å². The van der Waals surface area contributed by atoms with Crippen LogP contribution in [0.4, 0.5) is 14.8 Å². The molecule has 24 heavy (non-hydrogen) atoms. The minimum Gasteiger partial charge on any atom is -0.411 e. The number of aromatic nitrogens is 2. The van der Waals surface area contributed by atoms with Crippen LogP contribution in [-0.4, -0.2) is 26.1 Å². The van der Waals surface area contributed by atoms with E-state index in [0.717, 1.165) is 12.5 Å². The summed E-state index contributed by atoms with van der Waals surface area (Å²) in [6.07, 6.45) is -1.70. The highest BCUT2D eigenvalue weighted by Gasteiger charge is 2.27. The largest absolute Gasteiger partial charge is 0.411 e. The van der Waals surface area contributed by atoms with Crippen molar-refractivity contribution in [3.8, 4) is 0 Å². The van der Waals surface area contributed by atoms with Gasteiger partial charge >= 0.3 is 6.01 Å². The molecule has 2 N–H and O–H groups in total. The molecule has 1 aromatic heterocycles. The Labute approximate surface area is 137 Å². The zero-order chi connectivity index (χ0) is 17.9. The molecule has 0 saturated carbocycles. The van der Waals surface area contributed by atoms with Crippen molar-refractivity contribution in [2.24, 2.45) is 0 Å².